The highest BCUT2D eigenvalue weighted by atomic mass is 79.9. The van der Waals surface area contributed by atoms with Gasteiger partial charge in [0.2, 0.25) is 0 Å². The zero-order chi connectivity index (χ0) is 13.6. The van der Waals surface area contributed by atoms with Gasteiger partial charge in [0.05, 0.1) is 11.0 Å². The highest BCUT2D eigenvalue weighted by molar-refractivity contribution is 9.10. The number of hydrogen-bond acceptors (Lipinski definition) is 1. The Morgan fingerprint density at radius 2 is 1.84 bits per heavy atom. The Balaban J connectivity index is 2.23. The highest BCUT2D eigenvalue weighted by Crippen LogP contribution is 2.30. The van der Waals surface area contributed by atoms with E-state index in [0.717, 1.165) is 22.2 Å². The van der Waals surface area contributed by atoms with Crippen LogP contribution < -0.4 is 0 Å². The van der Waals surface area contributed by atoms with Gasteiger partial charge >= 0.3 is 0 Å². The van der Waals surface area contributed by atoms with Crippen molar-refractivity contribution in [1.82, 2.24) is 9.97 Å². The topological polar surface area (TPSA) is 28.7 Å². The van der Waals surface area contributed by atoms with Gasteiger partial charge in [0.25, 0.3) is 0 Å². The predicted octanol–water partition coefficient (Wildman–Crippen LogP) is 4.92. The Hall–Kier alpha value is -1.46. The smallest absolute Gasteiger partial charge is 0.161 e. The molecular formula is C13H6BrClF2N2. The van der Waals surface area contributed by atoms with Crippen molar-refractivity contribution in [3.63, 3.8) is 0 Å². The Bertz CT molecular complexity index is 747. The number of benzene rings is 2. The van der Waals surface area contributed by atoms with E-state index >= 15 is 0 Å². The molecule has 0 aliphatic carbocycles. The third-order valence-electron chi connectivity index (χ3n) is 2.71. The molecule has 0 saturated heterocycles. The molecule has 2 aromatic carbocycles. The van der Waals surface area contributed by atoms with E-state index in [2.05, 4.69) is 25.9 Å². The van der Waals surface area contributed by atoms with E-state index in [0.29, 0.717) is 21.9 Å². The lowest BCUT2D eigenvalue weighted by Crippen LogP contribution is -1.82. The number of fused-ring (bicyclic) bond motifs is 1. The molecule has 0 amide bonds. The summed E-state index contributed by atoms with van der Waals surface area (Å²) in [5, 5.41) is 0.552. The number of aromatic nitrogens is 2. The molecule has 1 heterocycles. The average Bonchev–Trinajstić information content (AvgIpc) is 2.75. The lowest BCUT2D eigenvalue weighted by atomic mass is 10.2. The molecule has 19 heavy (non-hydrogen) atoms. The minimum Gasteiger partial charge on any atom is -0.338 e. The van der Waals surface area contributed by atoms with Gasteiger partial charge in [0.1, 0.15) is 5.82 Å². The number of nitrogens with one attached hydrogen (secondary N) is 1. The first kappa shape index (κ1) is 12.6. The van der Waals surface area contributed by atoms with E-state index in [1.54, 1.807) is 18.2 Å². The fourth-order valence-electron chi connectivity index (χ4n) is 1.81. The van der Waals surface area contributed by atoms with Crippen molar-refractivity contribution >= 4 is 38.6 Å². The SMILES string of the molecule is Fc1cc2nc(-c3cc(Cl)ccc3Br)[nH]c2cc1F. The minimum atomic E-state index is -0.921. The van der Waals surface area contributed by atoms with Gasteiger partial charge in [0.15, 0.2) is 11.6 Å². The Kier molecular flexibility index (Phi) is 3.03. The summed E-state index contributed by atoms with van der Waals surface area (Å²) in [6.45, 7) is 0. The molecule has 0 atom stereocenters. The van der Waals surface area contributed by atoms with E-state index in [-0.39, 0.29) is 0 Å². The van der Waals surface area contributed by atoms with Crippen LogP contribution in [0.1, 0.15) is 0 Å². The van der Waals surface area contributed by atoms with Crippen LogP contribution in [0.25, 0.3) is 22.4 Å². The molecule has 1 aromatic heterocycles. The van der Waals surface area contributed by atoms with Crippen molar-refractivity contribution in [2.45, 2.75) is 0 Å². The molecule has 0 fully saturated rings. The van der Waals surface area contributed by atoms with E-state index in [4.69, 9.17) is 11.6 Å². The van der Waals surface area contributed by atoms with Gasteiger partial charge in [-0.05, 0) is 18.2 Å². The van der Waals surface area contributed by atoms with Crippen LogP contribution in [0.4, 0.5) is 8.78 Å². The van der Waals surface area contributed by atoms with Crippen LogP contribution in [0.15, 0.2) is 34.8 Å². The quantitative estimate of drug-likeness (QED) is 0.667. The molecule has 6 heteroatoms. The van der Waals surface area contributed by atoms with Crippen molar-refractivity contribution < 1.29 is 8.78 Å². The zero-order valence-electron chi connectivity index (χ0n) is 9.35. The van der Waals surface area contributed by atoms with E-state index in [1.165, 1.54) is 0 Å². The number of imidazole rings is 1. The van der Waals surface area contributed by atoms with Crippen LogP contribution in [0.5, 0.6) is 0 Å². The maximum absolute atomic E-state index is 13.2. The van der Waals surface area contributed by atoms with Crippen molar-refractivity contribution in [2.24, 2.45) is 0 Å². The molecular weight excluding hydrogens is 338 g/mol. The van der Waals surface area contributed by atoms with Crippen LogP contribution in [0.3, 0.4) is 0 Å². The summed E-state index contributed by atoms with van der Waals surface area (Å²) in [6, 6.07) is 7.38. The number of rotatable bonds is 1. The fraction of sp³-hybridized carbons (Fsp3) is 0. The minimum absolute atomic E-state index is 0.362. The summed E-state index contributed by atoms with van der Waals surface area (Å²) in [7, 11) is 0. The van der Waals surface area contributed by atoms with Gasteiger partial charge in [-0.25, -0.2) is 13.8 Å². The van der Waals surface area contributed by atoms with Crippen LogP contribution >= 0.6 is 27.5 Å². The maximum atomic E-state index is 13.2. The van der Waals surface area contributed by atoms with E-state index < -0.39 is 11.6 Å². The standard InChI is InChI=1S/C13H6BrClF2N2/c14-8-2-1-6(15)3-7(8)13-18-11-4-9(16)10(17)5-12(11)19-13/h1-5H,(H,18,19). The number of halogens is 4. The normalized spacial score (nSPS) is 11.2. The molecule has 96 valence electrons. The highest BCUT2D eigenvalue weighted by Gasteiger charge is 2.12. The lowest BCUT2D eigenvalue weighted by molar-refractivity contribution is 0.510. The largest absolute Gasteiger partial charge is 0.338 e. The molecule has 0 unspecified atom stereocenters. The second-order valence-electron chi connectivity index (χ2n) is 3.99. The molecule has 0 saturated carbocycles. The second kappa shape index (κ2) is 4.58. The second-order valence-corrected chi connectivity index (χ2v) is 5.28. The van der Waals surface area contributed by atoms with E-state index in [9.17, 15) is 8.78 Å². The summed E-state index contributed by atoms with van der Waals surface area (Å²) in [6.07, 6.45) is 0. The van der Waals surface area contributed by atoms with Gasteiger partial charge in [-0.3, -0.25) is 0 Å². The van der Waals surface area contributed by atoms with Gasteiger partial charge in [-0.1, -0.05) is 27.5 Å². The third-order valence-corrected chi connectivity index (χ3v) is 3.63. The van der Waals surface area contributed by atoms with Crippen molar-refractivity contribution in [2.75, 3.05) is 0 Å². The fourth-order valence-corrected chi connectivity index (χ4v) is 2.42. The number of H-pyrrole nitrogens is 1. The Labute approximate surface area is 120 Å². The monoisotopic (exact) mass is 342 g/mol. The first-order valence-corrected chi connectivity index (χ1v) is 6.52. The first-order valence-electron chi connectivity index (χ1n) is 5.35. The maximum Gasteiger partial charge on any atom is 0.161 e. The Morgan fingerprint density at radius 3 is 2.63 bits per heavy atom. The molecule has 0 bridgehead atoms. The molecule has 1 N–H and O–H groups in total. The summed E-state index contributed by atoms with van der Waals surface area (Å²) >= 11 is 9.32. The molecule has 0 spiro atoms. The van der Waals surface area contributed by atoms with Crippen molar-refractivity contribution in [3.05, 3.63) is 51.5 Å². The molecule has 0 aliphatic heterocycles. The number of nitrogens with zero attached hydrogens (tertiary/aromatic N) is 1. The Morgan fingerprint density at radius 1 is 1.11 bits per heavy atom. The molecule has 0 aliphatic rings. The summed E-state index contributed by atoms with van der Waals surface area (Å²) in [5.74, 6) is -1.34. The molecule has 3 aromatic rings. The van der Waals surface area contributed by atoms with Gasteiger partial charge in [0, 0.05) is 27.2 Å². The van der Waals surface area contributed by atoms with Gasteiger partial charge < -0.3 is 4.98 Å². The number of hydrogen-bond donors (Lipinski definition) is 1. The molecule has 0 radical (unpaired) electrons. The van der Waals surface area contributed by atoms with Gasteiger partial charge in [-0.2, -0.15) is 0 Å². The van der Waals surface area contributed by atoms with E-state index in [1.807, 2.05) is 0 Å². The van der Waals surface area contributed by atoms with Crippen molar-refractivity contribution in [3.8, 4) is 11.4 Å². The van der Waals surface area contributed by atoms with Crippen LogP contribution in [0, 0.1) is 11.6 Å². The number of aromatic amines is 1. The first-order chi connectivity index (χ1) is 9.04. The summed E-state index contributed by atoms with van der Waals surface area (Å²) in [5.41, 5.74) is 1.52. The van der Waals surface area contributed by atoms with Crippen LogP contribution in [-0.4, -0.2) is 9.97 Å². The molecule has 3 rings (SSSR count). The van der Waals surface area contributed by atoms with Gasteiger partial charge in [-0.15, -0.1) is 0 Å². The average molecular weight is 344 g/mol. The van der Waals surface area contributed by atoms with Crippen LogP contribution in [0.2, 0.25) is 5.02 Å². The molecule has 2 nitrogen and oxygen atoms in total. The lowest BCUT2D eigenvalue weighted by Gasteiger charge is -2.00. The van der Waals surface area contributed by atoms with Crippen LogP contribution in [-0.2, 0) is 0 Å². The van der Waals surface area contributed by atoms with Crippen molar-refractivity contribution in [1.29, 1.82) is 0 Å². The third kappa shape index (κ3) is 2.24. The summed E-state index contributed by atoms with van der Waals surface area (Å²) < 4.78 is 27.1. The predicted molar refractivity (Wildman–Crippen MR) is 74.2 cm³/mol. The zero-order valence-corrected chi connectivity index (χ0v) is 11.7. The summed E-state index contributed by atoms with van der Waals surface area (Å²) in [4.78, 5) is 7.18.